The van der Waals surface area contributed by atoms with Crippen LogP contribution in [0, 0.1) is 11.8 Å². The Kier molecular flexibility index (Phi) is 6.65. The first-order chi connectivity index (χ1) is 12.1. The molecule has 0 saturated carbocycles. The van der Waals surface area contributed by atoms with E-state index in [9.17, 15) is 13.2 Å². The SMILES string of the molecule is COc1ccc(NC(=O)CN2C[C@@H](C)C[C@H](C)C2)cc1S(=O)(=O)N(C)C. The molecule has 0 unspecified atom stereocenters. The Morgan fingerprint density at radius 1 is 1.27 bits per heavy atom. The summed E-state index contributed by atoms with van der Waals surface area (Å²) in [6, 6.07) is 4.64. The number of methoxy groups -OCH3 is 1. The van der Waals surface area contributed by atoms with Gasteiger partial charge in [-0.1, -0.05) is 13.8 Å². The number of hydrogen-bond acceptors (Lipinski definition) is 5. The number of amides is 1. The van der Waals surface area contributed by atoms with Gasteiger partial charge < -0.3 is 10.1 Å². The molecule has 1 fully saturated rings. The standard InChI is InChI=1S/C18H29N3O4S/c1-13-8-14(2)11-21(10-13)12-18(22)19-15-6-7-16(25-5)17(9-15)26(23,24)20(3)4/h6-7,9,13-14H,8,10-12H2,1-5H3,(H,19,22)/t13-,14-/m0/s1. The van der Waals surface area contributed by atoms with Crippen molar-refractivity contribution < 1.29 is 17.9 Å². The Hall–Kier alpha value is -1.64. The largest absolute Gasteiger partial charge is 0.495 e. The number of carbonyl (C=O) groups is 1. The lowest BCUT2D eigenvalue weighted by molar-refractivity contribution is -0.117. The van der Waals surface area contributed by atoms with Crippen LogP contribution in [0.5, 0.6) is 5.75 Å². The summed E-state index contributed by atoms with van der Waals surface area (Å²) < 4.78 is 31.2. The fraction of sp³-hybridized carbons (Fsp3) is 0.611. The predicted molar refractivity (Wildman–Crippen MR) is 102 cm³/mol. The molecule has 7 nitrogen and oxygen atoms in total. The maximum atomic E-state index is 12.5. The highest BCUT2D eigenvalue weighted by Crippen LogP contribution is 2.29. The molecule has 1 aliphatic rings. The van der Waals surface area contributed by atoms with E-state index in [0.717, 1.165) is 17.4 Å². The van der Waals surface area contributed by atoms with Gasteiger partial charge >= 0.3 is 0 Å². The molecule has 146 valence electrons. The van der Waals surface area contributed by atoms with Crippen LogP contribution in [0.1, 0.15) is 20.3 Å². The number of carbonyl (C=O) groups excluding carboxylic acids is 1. The van der Waals surface area contributed by atoms with Gasteiger partial charge in [0, 0.05) is 32.9 Å². The summed E-state index contributed by atoms with van der Waals surface area (Å²) in [5.74, 6) is 1.24. The minimum atomic E-state index is -3.67. The number of nitrogens with one attached hydrogen (secondary N) is 1. The van der Waals surface area contributed by atoms with Gasteiger partial charge in [-0.2, -0.15) is 0 Å². The predicted octanol–water partition coefficient (Wildman–Crippen LogP) is 1.86. The second kappa shape index (κ2) is 8.37. The highest BCUT2D eigenvalue weighted by atomic mass is 32.2. The lowest BCUT2D eigenvalue weighted by atomic mass is 9.92. The summed E-state index contributed by atoms with van der Waals surface area (Å²) >= 11 is 0. The summed E-state index contributed by atoms with van der Waals surface area (Å²) in [5.41, 5.74) is 0.439. The van der Waals surface area contributed by atoms with Crippen LogP contribution in [0.3, 0.4) is 0 Å². The summed E-state index contributed by atoms with van der Waals surface area (Å²) in [4.78, 5) is 14.6. The van der Waals surface area contributed by atoms with Crippen molar-refractivity contribution in [2.45, 2.75) is 25.2 Å². The molecule has 0 aromatic heterocycles. The maximum absolute atomic E-state index is 12.5. The number of likely N-dealkylation sites (tertiary alicyclic amines) is 1. The molecule has 2 rings (SSSR count). The number of piperidine rings is 1. The summed E-state index contributed by atoms with van der Waals surface area (Å²) in [5, 5.41) is 2.80. The van der Waals surface area contributed by atoms with E-state index in [0.29, 0.717) is 24.1 Å². The van der Waals surface area contributed by atoms with Gasteiger partial charge in [0.1, 0.15) is 10.6 Å². The monoisotopic (exact) mass is 383 g/mol. The van der Waals surface area contributed by atoms with Crippen LogP contribution in [0.2, 0.25) is 0 Å². The first-order valence-corrected chi connectivity index (χ1v) is 10.2. The summed E-state index contributed by atoms with van der Waals surface area (Å²) in [6.07, 6.45) is 1.18. The third kappa shape index (κ3) is 4.96. The second-order valence-electron chi connectivity index (χ2n) is 7.34. The fourth-order valence-electron chi connectivity index (χ4n) is 3.48. The molecule has 0 spiro atoms. The van der Waals surface area contributed by atoms with Crippen molar-refractivity contribution in [2.75, 3.05) is 46.2 Å². The average Bonchev–Trinajstić information content (AvgIpc) is 2.53. The van der Waals surface area contributed by atoms with Crippen LogP contribution < -0.4 is 10.1 Å². The van der Waals surface area contributed by atoms with Gasteiger partial charge in [-0.3, -0.25) is 9.69 Å². The number of rotatable bonds is 6. The Morgan fingerprint density at radius 2 is 1.88 bits per heavy atom. The number of hydrogen-bond donors (Lipinski definition) is 1. The molecular formula is C18H29N3O4S. The van der Waals surface area contributed by atoms with Crippen molar-refractivity contribution in [2.24, 2.45) is 11.8 Å². The highest BCUT2D eigenvalue weighted by molar-refractivity contribution is 7.89. The first kappa shape index (κ1) is 20.7. The second-order valence-corrected chi connectivity index (χ2v) is 9.46. The Labute approximate surface area is 156 Å². The van der Waals surface area contributed by atoms with Crippen LogP contribution in [-0.2, 0) is 14.8 Å². The Bertz CT molecular complexity index is 739. The minimum absolute atomic E-state index is 0.0306. The quantitative estimate of drug-likeness (QED) is 0.811. The molecule has 1 amide bonds. The van der Waals surface area contributed by atoms with E-state index >= 15 is 0 Å². The number of sulfonamides is 1. The van der Waals surface area contributed by atoms with Crippen molar-refractivity contribution in [1.82, 2.24) is 9.21 Å². The van der Waals surface area contributed by atoms with Gasteiger partial charge in [0.2, 0.25) is 15.9 Å². The molecule has 1 saturated heterocycles. The zero-order chi connectivity index (χ0) is 19.5. The lowest BCUT2D eigenvalue weighted by Crippen LogP contribution is -2.42. The topological polar surface area (TPSA) is 79.0 Å². The van der Waals surface area contributed by atoms with E-state index in [4.69, 9.17) is 4.74 Å². The van der Waals surface area contributed by atoms with Crippen molar-refractivity contribution >= 4 is 21.6 Å². The van der Waals surface area contributed by atoms with Gasteiger partial charge in [0.05, 0.1) is 13.7 Å². The molecule has 0 bridgehead atoms. The fourth-order valence-corrected chi connectivity index (χ4v) is 4.55. The van der Waals surface area contributed by atoms with E-state index in [1.807, 2.05) is 0 Å². The van der Waals surface area contributed by atoms with Crippen molar-refractivity contribution in [3.05, 3.63) is 18.2 Å². The molecule has 1 aliphatic heterocycles. The van der Waals surface area contributed by atoms with Gasteiger partial charge in [-0.15, -0.1) is 0 Å². The zero-order valence-corrected chi connectivity index (χ0v) is 17.0. The van der Waals surface area contributed by atoms with Crippen molar-refractivity contribution in [1.29, 1.82) is 0 Å². The number of ether oxygens (including phenoxy) is 1. The van der Waals surface area contributed by atoms with E-state index < -0.39 is 10.0 Å². The van der Waals surface area contributed by atoms with Crippen LogP contribution in [0.25, 0.3) is 0 Å². The van der Waals surface area contributed by atoms with E-state index in [1.165, 1.54) is 33.7 Å². The van der Waals surface area contributed by atoms with Crippen LogP contribution >= 0.6 is 0 Å². The maximum Gasteiger partial charge on any atom is 0.246 e. The molecule has 1 heterocycles. The third-order valence-electron chi connectivity index (χ3n) is 4.52. The Morgan fingerprint density at radius 3 is 2.42 bits per heavy atom. The molecular weight excluding hydrogens is 354 g/mol. The molecule has 1 aromatic carbocycles. The zero-order valence-electron chi connectivity index (χ0n) is 16.2. The summed E-state index contributed by atoms with van der Waals surface area (Å²) in [6.45, 7) is 6.50. The first-order valence-electron chi connectivity index (χ1n) is 8.76. The lowest BCUT2D eigenvalue weighted by Gasteiger charge is -2.34. The van der Waals surface area contributed by atoms with Crippen molar-refractivity contribution in [3.8, 4) is 5.75 Å². The average molecular weight is 384 g/mol. The van der Waals surface area contributed by atoms with E-state index in [-0.39, 0.29) is 16.6 Å². The minimum Gasteiger partial charge on any atom is -0.495 e. The smallest absolute Gasteiger partial charge is 0.246 e. The van der Waals surface area contributed by atoms with Crippen molar-refractivity contribution in [3.63, 3.8) is 0 Å². The van der Waals surface area contributed by atoms with Gasteiger partial charge in [0.25, 0.3) is 0 Å². The van der Waals surface area contributed by atoms with Gasteiger partial charge in [0.15, 0.2) is 0 Å². The molecule has 1 aromatic rings. The molecule has 0 radical (unpaired) electrons. The van der Waals surface area contributed by atoms with E-state index in [1.54, 1.807) is 12.1 Å². The van der Waals surface area contributed by atoms with Gasteiger partial charge in [-0.05, 0) is 36.5 Å². The molecule has 0 aliphatic carbocycles. The van der Waals surface area contributed by atoms with Crippen LogP contribution in [0.4, 0.5) is 5.69 Å². The summed E-state index contributed by atoms with van der Waals surface area (Å²) in [7, 11) is 0.659. The van der Waals surface area contributed by atoms with Crippen LogP contribution in [0.15, 0.2) is 23.1 Å². The molecule has 1 N–H and O–H groups in total. The molecule has 26 heavy (non-hydrogen) atoms. The molecule has 8 heteroatoms. The Balaban J connectivity index is 2.13. The number of benzene rings is 1. The molecule has 2 atom stereocenters. The van der Waals surface area contributed by atoms with Gasteiger partial charge in [-0.25, -0.2) is 12.7 Å². The van der Waals surface area contributed by atoms with E-state index in [2.05, 4.69) is 24.1 Å². The third-order valence-corrected chi connectivity index (χ3v) is 6.35. The number of nitrogens with zero attached hydrogens (tertiary/aromatic N) is 2. The normalized spacial score (nSPS) is 21.6. The number of anilines is 1. The van der Waals surface area contributed by atoms with Crippen LogP contribution in [-0.4, -0.2) is 64.4 Å². The highest BCUT2D eigenvalue weighted by Gasteiger charge is 2.25.